The van der Waals surface area contributed by atoms with E-state index in [9.17, 15) is 13.2 Å². The molecule has 0 radical (unpaired) electrons. The number of carbonyl (C=O) groups excluding carboxylic acids is 1. The fourth-order valence-corrected chi connectivity index (χ4v) is 4.58. The minimum atomic E-state index is -3.37. The molecule has 1 amide bonds. The lowest BCUT2D eigenvalue weighted by Gasteiger charge is -2.32. The molecule has 136 valence electrons. The van der Waals surface area contributed by atoms with Gasteiger partial charge in [0.25, 0.3) is 0 Å². The monoisotopic (exact) mass is 364 g/mol. The molecule has 0 saturated carbocycles. The molecule has 2 heterocycles. The topological polar surface area (TPSA) is 84.3 Å². The average molecular weight is 364 g/mol. The lowest BCUT2D eigenvalue weighted by molar-refractivity contribution is -0.125. The van der Waals surface area contributed by atoms with Crippen LogP contribution in [0, 0.1) is 6.92 Å². The Morgan fingerprint density at radius 3 is 2.84 bits per heavy atom. The van der Waals surface area contributed by atoms with Crippen molar-refractivity contribution in [2.75, 3.05) is 19.3 Å². The van der Waals surface area contributed by atoms with Gasteiger partial charge >= 0.3 is 0 Å². The second kappa shape index (κ2) is 7.13. The maximum absolute atomic E-state index is 12.5. The SMILES string of the molecule is Cc1nc2ccccc2n1CCNC(=O)C1CCCCN1S(C)(=O)=O. The number of carbonyl (C=O) groups is 1. The quantitative estimate of drug-likeness (QED) is 0.866. The Hall–Kier alpha value is -1.93. The molecule has 25 heavy (non-hydrogen) atoms. The number of amides is 1. The third-order valence-corrected chi connectivity index (χ3v) is 5.95. The molecule has 3 rings (SSSR count). The number of sulfonamides is 1. The first-order valence-corrected chi connectivity index (χ1v) is 10.4. The summed E-state index contributed by atoms with van der Waals surface area (Å²) in [7, 11) is -3.37. The van der Waals surface area contributed by atoms with E-state index in [1.165, 1.54) is 10.6 Å². The normalized spacial score (nSPS) is 19.2. The number of piperidine rings is 1. The summed E-state index contributed by atoms with van der Waals surface area (Å²) in [5, 5.41) is 2.89. The zero-order valence-electron chi connectivity index (χ0n) is 14.6. The number of aryl methyl sites for hydroxylation is 1. The number of hydrogen-bond acceptors (Lipinski definition) is 4. The van der Waals surface area contributed by atoms with E-state index in [1.54, 1.807) is 0 Å². The molecule has 1 saturated heterocycles. The second-order valence-electron chi connectivity index (χ2n) is 6.48. The van der Waals surface area contributed by atoms with Crippen LogP contribution < -0.4 is 5.32 Å². The van der Waals surface area contributed by atoms with E-state index in [0.29, 0.717) is 26.1 Å². The Morgan fingerprint density at radius 1 is 1.32 bits per heavy atom. The highest BCUT2D eigenvalue weighted by atomic mass is 32.2. The number of para-hydroxylation sites is 2. The van der Waals surface area contributed by atoms with Crippen LogP contribution in [0.5, 0.6) is 0 Å². The molecule has 1 unspecified atom stereocenters. The molecule has 8 heteroatoms. The molecule has 1 aromatic carbocycles. The van der Waals surface area contributed by atoms with Gasteiger partial charge in [0, 0.05) is 19.6 Å². The summed E-state index contributed by atoms with van der Waals surface area (Å²) in [4.78, 5) is 17.0. The van der Waals surface area contributed by atoms with Gasteiger partial charge in [-0.15, -0.1) is 0 Å². The fourth-order valence-electron chi connectivity index (χ4n) is 3.45. The second-order valence-corrected chi connectivity index (χ2v) is 8.41. The zero-order chi connectivity index (χ0) is 18.0. The van der Waals surface area contributed by atoms with E-state index >= 15 is 0 Å². The van der Waals surface area contributed by atoms with Gasteiger partial charge in [-0.25, -0.2) is 13.4 Å². The van der Waals surface area contributed by atoms with Crippen molar-refractivity contribution in [1.82, 2.24) is 19.2 Å². The highest BCUT2D eigenvalue weighted by molar-refractivity contribution is 7.88. The number of imidazole rings is 1. The number of nitrogens with zero attached hydrogens (tertiary/aromatic N) is 3. The Kier molecular flexibility index (Phi) is 5.10. The molecule has 0 bridgehead atoms. The van der Waals surface area contributed by atoms with Crippen LogP contribution in [0.4, 0.5) is 0 Å². The summed E-state index contributed by atoms with van der Waals surface area (Å²) in [6, 6.07) is 7.28. The summed E-state index contributed by atoms with van der Waals surface area (Å²) in [5.41, 5.74) is 1.96. The highest BCUT2D eigenvalue weighted by Crippen LogP contribution is 2.20. The average Bonchev–Trinajstić information content (AvgIpc) is 2.90. The summed E-state index contributed by atoms with van der Waals surface area (Å²) in [6.45, 7) is 3.40. The molecule has 1 aromatic heterocycles. The molecule has 1 fully saturated rings. The molecular weight excluding hydrogens is 340 g/mol. The molecule has 0 spiro atoms. The minimum absolute atomic E-state index is 0.216. The van der Waals surface area contributed by atoms with Crippen molar-refractivity contribution < 1.29 is 13.2 Å². The number of benzene rings is 1. The summed E-state index contributed by atoms with van der Waals surface area (Å²) in [6.07, 6.45) is 3.41. The molecule has 1 N–H and O–H groups in total. The van der Waals surface area contributed by atoms with Gasteiger partial charge in [-0.05, 0) is 31.9 Å². The molecule has 7 nitrogen and oxygen atoms in total. The van der Waals surface area contributed by atoms with Crippen molar-refractivity contribution in [3.8, 4) is 0 Å². The number of rotatable bonds is 5. The third kappa shape index (κ3) is 3.85. The molecule has 1 aliphatic heterocycles. The van der Waals surface area contributed by atoms with Crippen LogP contribution in [-0.2, 0) is 21.4 Å². The van der Waals surface area contributed by atoms with Crippen molar-refractivity contribution >= 4 is 27.0 Å². The predicted octanol–water partition coefficient (Wildman–Crippen LogP) is 1.28. The van der Waals surface area contributed by atoms with Gasteiger partial charge in [0.2, 0.25) is 15.9 Å². The van der Waals surface area contributed by atoms with Gasteiger partial charge < -0.3 is 9.88 Å². The fraction of sp³-hybridized carbons (Fsp3) is 0.529. The maximum atomic E-state index is 12.5. The smallest absolute Gasteiger partial charge is 0.238 e. The lowest BCUT2D eigenvalue weighted by Crippen LogP contribution is -2.51. The lowest BCUT2D eigenvalue weighted by atomic mass is 10.0. The summed E-state index contributed by atoms with van der Waals surface area (Å²) in [5.74, 6) is 0.679. The number of hydrogen-bond donors (Lipinski definition) is 1. The standard InChI is InChI=1S/C17H24N4O3S/c1-13-19-14-7-3-4-8-15(14)20(13)12-10-18-17(22)16-9-5-6-11-21(16)25(2,23)24/h3-4,7-8,16H,5-6,9-12H2,1-2H3,(H,18,22). The summed E-state index contributed by atoms with van der Waals surface area (Å²) < 4.78 is 27.2. The minimum Gasteiger partial charge on any atom is -0.353 e. The first kappa shape index (κ1) is 17.9. The van der Waals surface area contributed by atoms with E-state index < -0.39 is 16.1 Å². The molecular formula is C17H24N4O3S. The van der Waals surface area contributed by atoms with Crippen LogP contribution in [0.25, 0.3) is 11.0 Å². The van der Waals surface area contributed by atoms with E-state index in [1.807, 2.05) is 31.2 Å². The Morgan fingerprint density at radius 2 is 2.08 bits per heavy atom. The first-order chi connectivity index (χ1) is 11.9. The molecule has 1 atom stereocenters. The number of nitrogens with one attached hydrogen (secondary N) is 1. The highest BCUT2D eigenvalue weighted by Gasteiger charge is 2.34. The molecule has 2 aromatic rings. The Bertz CT molecular complexity index is 875. The summed E-state index contributed by atoms with van der Waals surface area (Å²) >= 11 is 0. The van der Waals surface area contributed by atoms with Gasteiger partial charge in [-0.3, -0.25) is 4.79 Å². The van der Waals surface area contributed by atoms with Crippen LogP contribution in [0.2, 0.25) is 0 Å². The zero-order valence-corrected chi connectivity index (χ0v) is 15.4. The van der Waals surface area contributed by atoms with Crippen molar-refractivity contribution in [2.45, 2.75) is 38.8 Å². The van der Waals surface area contributed by atoms with E-state index in [2.05, 4.69) is 14.9 Å². The Labute approximate surface area is 148 Å². The van der Waals surface area contributed by atoms with Crippen LogP contribution >= 0.6 is 0 Å². The Balaban J connectivity index is 1.65. The molecule has 0 aliphatic carbocycles. The van der Waals surface area contributed by atoms with Gasteiger partial charge in [-0.2, -0.15) is 4.31 Å². The van der Waals surface area contributed by atoms with E-state index in [4.69, 9.17) is 0 Å². The largest absolute Gasteiger partial charge is 0.353 e. The first-order valence-electron chi connectivity index (χ1n) is 8.54. The predicted molar refractivity (Wildman–Crippen MR) is 96.7 cm³/mol. The van der Waals surface area contributed by atoms with Crippen LogP contribution in [0.3, 0.4) is 0 Å². The maximum Gasteiger partial charge on any atom is 0.238 e. The van der Waals surface area contributed by atoms with Gasteiger partial charge in [0.15, 0.2) is 0 Å². The van der Waals surface area contributed by atoms with Crippen LogP contribution in [0.15, 0.2) is 24.3 Å². The van der Waals surface area contributed by atoms with Crippen LogP contribution in [0.1, 0.15) is 25.1 Å². The van der Waals surface area contributed by atoms with Crippen molar-refractivity contribution in [3.63, 3.8) is 0 Å². The number of fused-ring (bicyclic) bond motifs is 1. The number of aromatic nitrogens is 2. The van der Waals surface area contributed by atoms with Crippen LogP contribution in [-0.4, -0.2) is 53.6 Å². The van der Waals surface area contributed by atoms with E-state index in [-0.39, 0.29) is 5.91 Å². The van der Waals surface area contributed by atoms with Crippen molar-refractivity contribution in [2.24, 2.45) is 0 Å². The van der Waals surface area contributed by atoms with Gasteiger partial charge in [-0.1, -0.05) is 18.6 Å². The molecule has 1 aliphatic rings. The van der Waals surface area contributed by atoms with Crippen molar-refractivity contribution in [3.05, 3.63) is 30.1 Å². The van der Waals surface area contributed by atoms with Gasteiger partial charge in [0.1, 0.15) is 11.9 Å². The van der Waals surface area contributed by atoms with Crippen molar-refractivity contribution in [1.29, 1.82) is 0 Å². The van der Waals surface area contributed by atoms with Gasteiger partial charge in [0.05, 0.1) is 17.3 Å². The van der Waals surface area contributed by atoms with E-state index in [0.717, 1.165) is 29.7 Å². The third-order valence-electron chi connectivity index (χ3n) is 4.66.